The fraction of sp³-hybridized carbons (Fsp3) is 0.625. The number of hydrogen-bond donors (Lipinski definition) is 0. The van der Waals surface area contributed by atoms with E-state index in [4.69, 9.17) is 4.74 Å². The summed E-state index contributed by atoms with van der Waals surface area (Å²) < 4.78 is 5.67. The summed E-state index contributed by atoms with van der Waals surface area (Å²) in [5, 5.41) is 0. The molecule has 2 rings (SSSR count). The molecule has 1 aromatic heterocycles. The Labute approximate surface area is 115 Å². The Morgan fingerprint density at radius 2 is 2.21 bits per heavy atom. The van der Waals surface area contributed by atoms with E-state index in [-0.39, 0.29) is 11.3 Å². The molecule has 104 valence electrons. The first-order valence-electron chi connectivity index (χ1n) is 6.99. The summed E-state index contributed by atoms with van der Waals surface area (Å²) in [6.07, 6.45) is 2.86. The summed E-state index contributed by atoms with van der Waals surface area (Å²) in [6.45, 7) is 9.28. The zero-order valence-corrected chi connectivity index (χ0v) is 12.3. The van der Waals surface area contributed by atoms with Crippen molar-refractivity contribution in [2.75, 3.05) is 6.61 Å². The second kappa shape index (κ2) is 5.32. The Bertz CT molecular complexity index is 466. The quantitative estimate of drug-likeness (QED) is 0.780. The van der Waals surface area contributed by atoms with Crippen molar-refractivity contribution in [3.05, 3.63) is 23.4 Å². The Hall–Kier alpha value is -1.38. The molecule has 0 saturated carbocycles. The van der Waals surface area contributed by atoms with Gasteiger partial charge in [0, 0.05) is 17.7 Å². The molecular weight excluding hydrogens is 238 g/mol. The molecule has 0 saturated heterocycles. The molecule has 3 heteroatoms. The lowest BCUT2D eigenvalue weighted by atomic mass is 9.71. The molecule has 1 unspecified atom stereocenters. The lowest BCUT2D eigenvalue weighted by Crippen LogP contribution is -2.27. The predicted octanol–water partition coefficient (Wildman–Crippen LogP) is 3.37. The monoisotopic (exact) mass is 261 g/mol. The van der Waals surface area contributed by atoms with Crippen LogP contribution in [-0.4, -0.2) is 17.9 Å². The van der Waals surface area contributed by atoms with Crippen LogP contribution in [0.2, 0.25) is 0 Å². The minimum atomic E-state index is -0.0228. The predicted molar refractivity (Wildman–Crippen MR) is 75.5 cm³/mol. The minimum Gasteiger partial charge on any atom is -0.477 e. The molecule has 19 heavy (non-hydrogen) atoms. The third-order valence-electron chi connectivity index (χ3n) is 3.53. The molecule has 1 atom stereocenters. The zero-order valence-electron chi connectivity index (χ0n) is 12.3. The number of hydrogen-bond acceptors (Lipinski definition) is 3. The maximum atomic E-state index is 11.3. The SMILES string of the molecule is CC(C)COc1ccc2c(n1)CC(C)(C)CC2C=O. The molecule has 3 nitrogen and oxygen atoms in total. The summed E-state index contributed by atoms with van der Waals surface area (Å²) >= 11 is 0. The van der Waals surface area contributed by atoms with E-state index in [2.05, 4.69) is 32.7 Å². The Balaban J connectivity index is 2.25. The second-order valence-corrected chi connectivity index (χ2v) is 6.68. The Kier molecular flexibility index (Phi) is 3.93. The molecule has 0 fully saturated rings. The lowest BCUT2D eigenvalue weighted by Gasteiger charge is -2.34. The van der Waals surface area contributed by atoms with Crippen molar-refractivity contribution in [3.8, 4) is 5.88 Å². The molecule has 0 amide bonds. The molecule has 0 aromatic carbocycles. The van der Waals surface area contributed by atoms with Gasteiger partial charge in [0.25, 0.3) is 0 Å². The number of rotatable bonds is 4. The van der Waals surface area contributed by atoms with Crippen molar-refractivity contribution >= 4 is 6.29 Å². The molecule has 0 radical (unpaired) electrons. The third kappa shape index (κ3) is 3.34. The molecule has 1 aromatic rings. The number of aldehydes is 1. The largest absolute Gasteiger partial charge is 0.477 e. The van der Waals surface area contributed by atoms with E-state index < -0.39 is 0 Å². The first-order valence-corrected chi connectivity index (χ1v) is 6.99. The molecule has 0 bridgehead atoms. The first kappa shape index (κ1) is 14.0. The molecule has 1 heterocycles. The van der Waals surface area contributed by atoms with Crippen molar-refractivity contribution < 1.29 is 9.53 Å². The van der Waals surface area contributed by atoms with Crippen LogP contribution in [0.4, 0.5) is 0 Å². The van der Waals surface area contributed by atoms with E-state index in [1.54, 1.807) is 0 Å². The summed E-state index contributed by atoms with van der Waals surface area (Å²) in [7, 11) is 0. The normalized spacial score (nSPS) is 21.0. The van der Waals surface area contributed by atoms with Gasteiger partial charge in [-0.2, -0.15) is 0 Å². The highest BCUT2D eigenvalue weighted by Crippen LogP contribution is 2.40. The van der Waals surface area contributed by atoms with Gasteiger partial charge in [-0.3, -0.25) is 0 Å². The van der Waals surface area contributed by atoms with Crippen LogP contribution >= 0.6 is 0 Å². The number of nitrogens with zero attached hydrogens (tertiary/aromatic N) is 1. The standard InChI is InChI=1S/C16H23NO2/c1-11(2)10-19-15-6-5-13-12(9-18)7-16(3,4)8-14(13)17-15/h5-6,9,11-12H,7-8,10H2,1-4H3. The smallest absolute Gasteiger partial charge is 0.213 e. The number of aromatic nitrogens is 1. The van der Waals surface area contributed by atoms with Crippen molar-refractivity contribution in [1.29, 1.82) is 0 Å². The molecule has 0 spiro atoms. The Morgan fingerprint density at radius 3 is 2.84 bits per heavy atom. The average Bonchev–Trinajstić information content (AvgIpc) is 2.33. The second-order valence-electron chi connectivity index (χ2n) is 6.68. The van der Waals surface area contributed by atoms with Crippen LogP contribution in [-0.2, 0) is 11.2 Å². The highest BCUT2D eigenvalue weighted by molar-refractivity contribution is 5.64. The summed E-state index contributed by atoms with van der Waals surface area (Å²) in [6, 6.07) is 3.89. The molecular formula is C16H23NO2. The van der Waals surface area contributed by atoms with Crippen LogP contribution < -0.4 is 4.74 Å². The topological polar surface area (TPSA) is 39.2 Å². The van der Waals surface area contributed by atoms with Gasteiger partial charge in [0.2, 0.25) is 5.88 Å². The van der Waals surface area contributed by atoms with Gasteiger partial charge in [0.15, 0.2) is 0 Å². The van der Waals surface area contributed by atoms with Gasteiger partial charge in [0.1, 0.15) is 6.29 Å². The van der Waals surface area contributed by atoms with E-state index in [0.717, 1.165) is 30.4 Å². The number of carbonyl (C=O) groups excluding carboxylic acids is 1. The highest BCUT2D eigenvalue weighted by Gasteiger charge is 2.33. The summed E-state index contributed by atoms with van der Waals surface area (Å²) in [4.78, 5) is 15.8. The van der Waals surface area contributed by atoms with E-state index in [1.165, 1.54) is 0 Å². The van der Waals surface area contributed by atoms with Crippen molar-refractivity contribution in [3.63, 3.8) is 0 Å². The zero-order chi connectivity index (χ0) is 14.0. The molecule has 0 N–H and O–H groups in total. The van der Waals surface area contributed by atoms with Gasteiger partial charge in [0.05, 0.1) is 6.61 Å². The third-order valence-corrected chi connectivity index (χ3v) is 3.53. The number of pyridine rings is 1. The van der Waals surface area contributed by atoms with Crippen LogP contribution in [0.5, 0.6) is 5.88 Å². The maximum absolute atomic E-state index is 11.3. The van der Waals surface area contributed by atoms with Crippen molar-refractivity contribution in [1.82, 2.24) is 4.98 Å². The first-order chi connectivity index (χ1) is 8.91. The van der Waals surface area contributed by atoms with E-state index in [1.807, 2.05) is 12.1 Å². The van der Waals surface area contributed by atoms with Gasteiger partial charge in [-0.25, -0.2) is 4.98 Å². The Morgan fingerprint density at radius 1 is 1.47 bits per heavy atom. The van der Waals surface area contributed by atoms with Gasteiger partial charge in [-0.15, -0.1) is 0 Å². The number of ether oxygens (including phenoxy) is 1. The van der Waals surface area contributed by atoms with E-state index >= 15 is 0 Å². The maximum Gasteiger partial charge on any atom is 0.213 e. The van der Waals surface area contributed by atoms with Gasteiger partial charge < -0.3 is 9.53 Å². The van der Waals surface area contributed by atoms with E-state index in [9.17, 15) is 4.79 Å². The van der Waals surface area contributed by atoms with E-state index in [0.29, 0.717) is 18.4 Å². The fourth-order valence-electron chi connectivity index (χ4n) is 2.66. The molecule has 1 aliphatic carbocycles. The molecule has 1 aliphatic rings. The van der Waals surface area contributed by atoms with Crippen LogP contribution in [0.3, 0.4) is 0 Å². The number of carbonyl (C=O) groups is 1. The van der Waals surface area contributed by atoms with Crippen molar-refractivity contribution in [2.24, 2.45) is 11.3 Å². The number of fused-ring (bicyclic) bond motifs is 1. The molecule has 0 aliphatic heterocycles. The van der Waals surface area contributed by atoms with Gasteiger partial charge in [-0.05, 0) is 29.7 Å². The summed E-state index contributed by atoms with van der Waals surface area (Å²) in [5.74, 6) is 1.14. The van der Waals surface area contributed by atoms with Crippen LogP contribution in [0.25, 0.3) is 0 Å². The minimum absolute atomic E-state index is 0.0228. The van der Waals surface area contributed by atoms with Gasteiger partial charge in [-0.1, -0.05) is 33.8 Å². The lowest BCUT2D eigenvalue weighted by molar-refractivity contribution is -0.109. The fourth-order valence-corrected chi connectivity index (χ4v) is 2.66. The average molecular weight is 261 g/mol. The summed E-state index contributed by atoms with van der Waals surface area (Å²) in [5.41, 5.74) is 2.23. The van der Waals surface area contributed by atoms with Gasteiger partial charge >= 0.3 is 0 Å². The van der Waals surface area contributed by atoms with Crippen molar-refractivity contribution in [2.45, 2.75) is 46.5 Å². The van der Waals surface area contributed by atoms with Crippen LogP contribution in [0.15, 0.2) is 12.1 Å². The van der Waals surface area contributed by atoms with Crippen LogP contribution in [0, 0.1) is 11.3 Å². The highest BCUT2D eigenvalue weighted by atomic mass is 16.5. The van der Waals surface area contributed by atoms with Crippen LogP contribution in [0.1, 0.15) is 51.3 Å².